The molecule has 62 valence electrons. The molecule has 11 heavy (non-hydrogen) atoms. The molecule has 0 aliphatic heterocycles. The van der Waals surface area contributed by atoms with Gasteiger partial charge < -0.3 is 0 Å². The van der Waals surface area contributed by atoms with Crippen LogP contribution in [-0.4, -0.2) is 32.6 Å². The van der Waals surface area contributed by atoms with E-state index in [0.717, 1.165) is 4.09 Å². The van der Waals surface area contributed by atoms with Gasteiger partial charge in [-0.25, -0.2) is 0 Å². The summed E-state index contributed by atoms with van der Waals surface area (Å²) in [4.78, 5) is 0. The van der Waals surface area contributed by atoms with Gasteiger partial charge in [-0.3, -0.25) is 4.55 Å². The second-order valence-electron chi connectivity index (χ2n) is 1.71. The van der Waals surface area contributed by atoms with E-state index in [1.165, 1.54) is 0 Å². The van der Waals surface area contributed by atoms with E-state index in [1.807, 2.05) is 0 Å². The summed E-state index contributed by atoms with van der Waals surface area (Å²) >= 11 is 3.67. The molecule has 0 aliphatic carbocycles. The minimum atomic E-state index is -4.08. The maximum atomic E-state index is 10.3. The monoisotopic (exact) mass is 196 g/mol. The van der Waals surface area contributed by atoms with E-state index in [-0.39, 0.29) is 5.82 Å². The van der Waals surface area contributed by atoms with E-state index in [4.69, 9.17) is 4.55 Å². The normalized spacial score (nSPS) is 11.8. The molecule has 0 spiro atoms. The highest BCUT2D eigenvalue weighted by Gasteiger charge is 2.12. The Bertz CT molecular complexity index is 342. The molecule has 1 rings (SSSR count). The van der Waals surface area contributed by atoms with Crippen LogP contribution in [0.15, 0.2) is 0 Å². The van der Waals surface area contributed by atoms with Crippen LogP contribution in [0, 0.1) is 0 Å². The first-order valence-electron chi connectivity index (χ1n) is 2.41. The highest BCUT2D eigenvalue weighted by molar-refractivity contribution is 7.85. The largest absolute Gasteiger partial charge is 0.285 e. The number of aromatic nitrogens is 4. The Morgan fingerprint density at radius 3 is 2.64 bits per heavy atom. The van der Waals surface area contributed by atoms with Crippen molar-refractivity contribution in [3.63, 3.8) is 0 Å². The van der Waals surface area contributed by atoms with Crippen molar-refractivity contribution >= 4 is 22.9 Å². The minimum Gasteiger partial charge on any atom is -0.285 e. The Hall–Kier alpha value is -0.670. The van der Waals surface area contributed by atoms with Gasteiger partial charge >= 0.3 is 0 Å². The SMILES string of the molecule is O=S(=O)(O)Cc1nnnn1S. The molecule has 1 aromatic heterocycles. The second kappa shape index (κ2) is 2.75. The van der Waals surface area contributed by atoms with Crippen LogP contribution in [0.3, 0.4) is 0 Å². The van der Waals surface area contributed by atoms with Crippen molar-refractivity contribution in [1.82, 2.24) is 19.6 Å². The number of hydrogen-bond donors (Lipinski definition) is 2. The first kappa shape index (κ1) is 8.43. The van der Waals surface area contributed by atoms with Crippen LogP contribution in [0.5, 0.6) is 0 Å². The highest BCUT2D eigenvalue weighted by Crippen LogP contribution is 1.98. The molecule has 7 nitrogen and oxygen atoms in total. The van der Waals surface area contributed by atoms with Gasteiger partial charge in [0.05, 0.1) is 0 Å². The van der Waals surface area contributed by atoms with E-state index < -0.39 is 15.9 Å². The van der Waals surface area contributed by atoms with Crippen LogP contribution in [0.25, 0.3) is 0 Å². The van der Waals surface area contributed by atoms with Crippen LogP contribution in [0.1, 0.15) is 5.82 Å². The van der Waals surface area contributed by atoms with Crippen LogP contribution < -0.4 is 0 Å². The summed E-state index contributed by atoms with van der Waals surface area (Å²) in [7, 11) is -4.08. The highest BCUT2D eigenvalue weighted by atomic mass is 32.2. The predicted molar refractivity (Wildman–Crippen MR) is 37.5 cm³/mol. The van der Waals surface area contributed by atoms with E-state index in [0.29, 0.717) is 0 Å². The van der Waals surface area contributed by atoms with Gasteiger partial charge in [0.2, 0.25) is 0 Å². The summed E-state index contributed by atoms with van der Waals surface area (Å²) in [6, 6.07) is 0. The zero-order valence-corrected chi connectivity index (χ0v) is 6.83. The van der Waals surface area contributed by atoms with Crippen molar-refractivity contribution < 1.29 is 13.0 Å². The number of hydrogen-bond acceptors (Lipinski definition) is 6. The third-order valence-corrected chi connectivity index (χ3v) is 1.76. The van der Waals surface area contributed by atoms with Gasteiger partial charge in [-0.05, 0) is 23.2 Å². The van der Waals surface area contributed by atoms with Gasteiger partial charge in [0.1, 0.15) is 5.75 Å². The molecule has 0 fully saturated rings. The molecule has 0 saturated carbocycles. The maximum absolute atomic E-state index is 10.3. The van der Waals surface area contributed by atoms with Gasteiger partial charge in [0.25, 0.3) is 10.1 Å². The second-order valence-corrected chi connectivity index (χ2v) is 3.54. The number of nitrogens with zero attached hydrogens (tertiary/aromatic N) is 4. The standard InChI is InChI=1S/C2H4N4O3S2/c7-11(8,9)1-2-3-4-5-6(2)10/h10H,1H2,(H,7,8,9). The summed E-state index contributed by atoms with van der Waals surface area (Å²) in [5, 5.41) is 9.65. The Morgan fingerprint density at radius 2 is 2.27 bits per heavy atom. The topological polar surface area (TPSA) is 98.0 Å². The molecule has 0 amide bonds. The zero-order valence-electron chi connectivity index (χ0n) is 5.12. The van der Waals surface area contributed by atoms with Crippen LogP contribution in [0.2, 0.25) is 0 Å². The maximum Gasteiger partial charge on any atom is 0.272 e. The predicted octanol–water partition coefficient (Wildman–Crippen LogP) is -1.25. The molecule has 0 saturated heterocycles. The molecule has 1 N–H and O–H groups in total. The number of thiol groups is 1. The Morgan fingerprint density at radius 1 is 1.64 bits per heavy atom. The van der Waals surface area contributed by atoms with E-state index >= 15 is 0 Å². The van der Waals surface area contributed by atoms with Crippen molar-refractivity contribution in [2.75, 3.05) is 0 Å². The zero-order chi connectivity index (χ0) is 8.48. The van der Waals surface area contributed by atoms with Gasteiger partial charge in [-0.2, -0.15) is 12.5 Å². The fraction of sp³-hybridized carbons (Fsp3) is 0.500. The number of rotatable bonds is 2. The number of tetrazole rings is 1. The van der Waals surface area contributed by atoms with Crippen molar-refractivity contribution in [1.29, 1.82) is 0 Å². The average molecular weight is 196 g/mol. The molecule has 0 radical (unpaired) electrons. The van der Waals surface area contributed by atoms with E-state index in [9.17, 15) is 8.42 Å². The lowest BCUT2D eigenvalue weighted by Crippen LogP contribution is -2.05. The van der Waals surface area contributed by atoms with Gasteiger partial charge in [-0.1, -0.05) is 0 Å². The summed E-state index contributed by atoms with van der Waals surface area (Å²) < 4.78 is 29.7. The first-order chi connectivity index (χ1) is 4.99. The fourth-order valence-corrected chi connectivity index (χ4v) is 1.20. The van der Waals surface area contributed by atoms with Crippen molar-refractivity contribution in [3.05, 3.63) is 5.82 Å². The van der Waals surface area contributed by atoms with Gasteiger partial charge in [0, 0.05) is 0 Å². The van der Waals surface area contributed by atoms with Crippen LogP contribution in [0.4, 0.5) is 0 Å². The lowest BCUT2D eigenvalue weighted by atomic mass is 10.8. The Balaban J connectivity index is 2.89. The molecular weight excluding hydrogens is 192 g/mol. The molecule has 0 bridgehead atoms. The van der Waals surface area contributed by atoms with Crippen LogP contribution in [-0.2, 0) is 15.9 Å². The quantitative estimate of drug-likeness (QED) is 0.453. The molecule has 0 aromatic carbocycles. The summed E-state index contributed by atoms with van der Waals surface area (Å²) in [6.45, 7) is 0. The summed E-state index contributed by atoms with van der Waals surface area (Å²) in [5.41, 5.74) is 0. The third kappa shape index (κ3) is 2.44. The fourth-order valence-electron chi connectivity index (χ4n) is 0.451. The summed E-state index contributed by atoms with van der Waals surface area (Å²) in [6.07, 6.45) is 0. The van der Waals surface area contributed by atoms with Gasteiger partial charge in [0.15, 0.2) is 5.82 Å². The van der Waals surface area contributed by atoms with Gasteiger partial charge in [-0.15, -0.1) is 5.10 Å². The van der Waals surface area contributed by atoms with Crippen LogP contribution >= 0.6 is 12.8 Å². The van der Waals surface area contributed by atoms with Crippen molar-refractivity contribution in [2.24, 2.45) is 0 Å². The van der Waals surface area contributed by atoms with Crippen molar-refractivity contribution in [3.8, 4) is 0 Å². The lowest BCUT2D eigenvalue weighted by molar-refractivity contribution is 0.480. The Labute approximate surface area is 67.7 Å². The smallest absolute Gasteiger partial charge is 0.272 e. The summed E-state index contributed by atoms with van der Waals surface area (Å²) in [5.74, 6) is -0.667. The molecule has 9 heteroatoms. The molecule has 1 heterocycles. The molecule has 1 aromatic rings. The van der Waals surface area contributed by atoms with E-state index in [1.54, 1.807) is 0 Å². The minimum absolute atomic E-state index is 0.0316. The van der Waals surface area contributed by atoms with E-state index in [2.05, 4.69) is 28.3 Å². The third-order valence-electron chi connectivity index (χ3n) is 0.827. The lowest BCUT2D eigenvalue weighted by Gasteiger charge is -1.92. The molecule has 0 atom stereocenters. The molecular formula is C2H4N4O3S2. The first-order valence-corrected chi connectivity index (χ1v) is 4.41. The molecule has 0 aliphatic rings. The Kier molecular flexibility index (Phi) is 2.11. The average Bonchev–Trinajstić information content (AvgIpc) is 2.12. The molecule has 0 unspecified atom stereocenters. The van der Waals surface area contributed by atoms with Crippen molar-refractivity contribution in [2.45, 2.75) is 5.75 Å².